The molecule has 0 aromatic carbocycles. The summed E-state index contributed by atoms with van der Waals surface area (Å²) in [5.41, 5.74) is 0. The fraction of sp³-hybridized carbons (Fsp3) is 1.00. The van der Waals surface area contributed by atoms with Gasteiger partial charge in [-0.05, 0) is 51.2 Å². The van der Waals surface area contributed by atoms with E-state index in [2.05, 4.69) is 39.7 Å². The summed E-state index contributed by atoms with van der Waals surface area (Å²) < 4.78 is 67.9. The van der Waals surface area contributed by atoms with Gasteiger partial charge in [0, 0.05) is 6.61 Å². The van der Waals surface area contributed by atoms with E-state index in [1.165, 1.54) is 12.5 Å². The lowest BCUT2D eigenvalue weighted by Gasteiger charge is -2.37. The molecular formula is C31H70O13Si3. The summed E-state index contributed by atoms with van der Waals surface area (Å²) in [6, 6.07) is 2.16. The zero-order valence-electron chi connectivity index (χ0n) is 30.6. The third-order valence-corrected chi connectivity index (χ3v) is 17.1. The van der Waals surface area contributed by atoms with E-state index in [1.807, 2.05) is 0 Å². The fourth-order valence-corrected chi connectivity index (χ4v) is 17.1. The van der Waals surface area contributed by atoms with Crippen LogP contribution in [0, 0.1) is 0 Å². The zero-order chi connectivity index (χ0) is 34.7. The molecule has 1 unspecified atom stereocenters. The Morgan fingerprint density at radius 2 is 0.745 bits per heavy atom. The lowest BCUT2D eigenvalue weighted by atomic mass is 10.5. The van der Waals surface area contributed by atoms with E-state index >= 15 is 0 Å². The monoisotopic (exact) mass is 734 g/mol. The van der Waals surface area contributed by atoms with Crippen LogP contribution < -0.4 is 0 Å². The molecule has 0 bridgehead atoms. The summed E-state index contributed by atoms with van der Waals surface area (Å²) in [6.07, 6.45) is 2.12. The lowest BCUT2D eigenvalue weighted by molar-refractivity contribution is -0.0268. The Morgan fingerprint density at radius 1 is 0.447 bits per heavy atom. The number of aliphatic hydroxyl groups excluding tert-OH is 1. The van der Waals surface area contributed by atoms with Crippen molar-refractivity contribution in [1.29, 1.82) is 0 Å². The standard InChI is InChI=1S/C31H70O13Si3/c1-7-30-46(4,5)44-47(6,43-45(2)3)31-8-10-33-12-14-35-16-18-37-20-22-39-24-26-41-28-29-42-27-25-40-23-21-38-19-17-36-15-13-34-11-9-32/h32,45H,7-31H2,1-6H3. The SMILES string of the molecule is CCC[Si](C)(C)O[Si](C)(CCCOCCOCCOCCOCCOCCOCCOCCOCCOCCOCCO)O[SiH](C)C. The maximum absolute atomic E-state index is 8.59. The average Bonchev–Trinajstić information content (AvgIpc) is 3.00. The van der Waals surface area contributed by atoms with Crippen molar-refractivity contribution in [3.05, 3.63) is 0 Å². The van der Waals surface area contributed by atoms with Gasteiger partial charge in [0.1, 0.15) is 0 Å². The van der Waals surface area contributed by atoms with Crippen molar-refractivity contribution in [2.75, 3.05) is 139 Å². The Balaban J connectivity index is 3.35. The van der Waals surface area contributed by atoms with Gasteiger partial charge in [0.05, 0.1) is 132 Å². The zero-order valence-corrected chi connectivity index (χ0v) is 33.8. The molecule has 1 atom stereocenters. The largest absolute Gasteiger partial charge is 0.439 e. The number of hydrogen-bond donors (Lipinski definition) is 1. The summed E-state index contributed by atoms with van der Waals surface area (Å²) in [4.78, 5) is 0. The van der Waals surface area contributed by atoms with Gasteiger partial charge >= 0.3 is 8.56 Å². The average molecular weight is 735 g/mol. The van der Waals surface area contributed by atoms with E-state index < -0.39 is 25.9 Å². The van der Waals surface area contributed by atoms with Crippen LogP contribution in [-0.4, -0.2) is 170 Å². The molecule has 0 aliphatic carbocycles. The summed E-state index contributed by atoms with van der Waals surface area (Å²) >= 11 is 0. The Kier molecular flexibility index (Phi) is 34.7. The molecule has 0 aromatic heterocycles. The van der Waals surface area contributed by atoms with Crippen LogP contribution in [0.5, 0.6) is 0 Å². The second-order valence-corrected chi connectivity index (χ2v) is 22.5. The number of aliphatic hydroxyl groups is 1. The number of ether oxygens (including phenoxy) is 10. The van der Waals surface area contributed by atoms with E-state index in [1.54, 1.807) is 0 Å². The van der Waals surface area contributed by atoms with Gasteiger partial charge in [-0.1, -0.05) is 13.3 Å². The minimum atomic E-state index is -2.15. The number of hydrogen-bond acceptors (Lipinski definition) is 13. The lowest BCUT2D eigenvalue weighted by Crippen LogP contribution is -2.50. The molecule has 0 aliphatic heterocycles. The van der Waals surface area contributed by atoms with Crippen LogP contribution in [0.4, 0.5) is 0 Å². The summed E-state index contributed by atoms with van der Waals surface area (Å²) in [6.45, 7) is 23.9. The van der Waals surface area contributed by atoms with Crippen molar-refractivity contribution in [2.45, 2.75) is 64.6 Å². The van der Waals surface area contributed by atoms with Gasteiger partial charge in [-0.25, -0.2) is 0 Å². The highest BCUT2D eigenvalue weighted by molar-refractivity contribution is 6.85. The first-order chi connectivity index (χ1) is 22.7. The van der Waals surface area contributed by atoms with Crippen LogP contribution in [0.2, 0.25) is 44.8 Å². The van der Waals surface area contributed by atoms with Crippen molar-refractivity contribution in [1.82, 2.24) is 0 Å². The van der Waals surface area contributed by atoms with Gasteiger partial charge in [0.2, 0.25) is 0 Å². The van der Waals surface area contributed by atoms with Crippen LogP contribution in [0.15, 0.2) is 0 Å². The normalized spacial score (nSPS) is 13.5. The van der Waals surface area contributed by atoms with Crippen molar-refractivity contribution < 1.29 is 60.7 Å². The highest BCUT2D eigenvalue weighted by atomic mass is 28.5. The third-order valence-electron chi connectivity index (χ3n) is 6.33. The quantitative estimate of drug-likeness (QED) is 0.0734. The highest BCUT2D eigenvalue weighted by Gasteiger charge is 2.38. The third kappa shape index (κ3) is 35.7. The smallest absolute Gasteiger partial charge is 0.314 e. The summed E-state index contributed by atoms with van der Waals surface area (Å²) in [7, 11) is -4.98. The molecule has 0 aliphatic rings. The van der Waals surface area contributed by atoms with Crippen molar-refractivity contribution in [3.8, 4) is 0 Å². The molecule has 0 fully saturated rings. The van der Waals surface area contributed by atoms with E-state index in [0.29, 0.717) is 132 Å². The second-order valence-electron chi connectivity index (χ2n) is 11.9. The van der Waals surface area contributed by atoms with Gasteiger partial charge in [-0.2, -0.15) is 0 Å². The molecule has 0 radical (unpaired) electrons. The molecule has 284 valence electrons. The van der Waals surface area contributed by atoms with Crippen LogP contribution in [-0.2, 0) is 55.6 Å². The summed E-state index contributed by atoms with van der Waals surface area (Å²) in [5, 5.41) is 8.59. The molecule has 1 N–H and O–H groups in total. The van der Waals surface area contributed by atoms with Gasteiger partial charge < -0.3 is 60.7 Å². The van der Waals surface area contributed by atoms with E-state index in [4.69, 9.17) is 60.7 Å². The van der Waals surface area contributed by atoms with Gasteiger partial charge in [0.15, 0.2) is 17.4 Å². The molecule has 47 heavy (non-hydrogen) atoms. The topological polar surface area (TPSA) is 131 Å². The first-order valence-corrected chi connectivity index (χ1v) is 25.9. The molecule has 0 spiro atoms. The first kappa shape index (κ1) is 47.1. The second kappa shape index (κ2) is 34.6. The van der Waals surface area contributed by atoms with Crippen LogP contribution in [0.1, 0.15) is 19.8 Å². The first-order valence-electron chi connectivity index (χ1n) is 17.5. The highest BCUT2D eigenvalue weighted by Crippen LogP contribution is 2.25. The molecule has 0 saturated carbocycles. The Morgan fingerprint density at radius 3 is 1.02 bits per heavy atom. The minimum Gasteiger partial charge on any atom is -0.439 e. The van der Waals surface area contributed by atoms with Crippen molar-refractivity contribution in [2.24, 2.45) is 0 Å². The molecule has 0 aromatic rings. The van der Waals surface area contributed by atoms with Crippen molar-refractivity contribution in [3.63, 3.8) is 0 Å². The number of rotatable bonds is 39. The molecule has 0 saturated heterocycles. The van der Waals surface area contributed by atoms with Crippen LogP contribution >= 0.6 is 0 Å². The molecule has 0 amide bonds. The van der Waals surface area contributed by atoms with E-state index in [0.717, 1.165) is 12.5 Å². The Hall–Kier alpha value is 0.131. The maximum atomic E-state index is 8.59. The molecular weight excluding hydrogens is 665 g/mol. The van der Waals surface area contributed by atoms with Gasteiger partial charge in [0.25, 0.3) is 0 Å². The Bertz CT molecular complexity index is 641. The van der Waals surface area contributed by atoms with E-state index in [-0.39, 0.29) is 6.61 Å². The summed E-state index contributed by atoms with van der Waals surface area (Å²) in [5.74, 6) is 0. The Labute approximate surface area is 289 Å². The van der Waals surface area contributed by atoms with Crippen LogP contribution in [0.25, 0.3) is 0 Å². The molecule has 0 rings (SSSR count). The molecule has 0 heterocycles. The van der Waals surface area contributed by atoms with Gasteiger partial charge in [-0.3, -0.25) is 0 Å². The maximum Gasteiger partial charge on any atom is 0.314 e. The minimum absolute atomic E-state index is 0.0270. The predicted octanol–water partition coefficient (Wildman–Crippen LogP) is 3.24. The van der Waals surface area contributed by atoms with E-state index in [9.17, 15) is 0 Å². The predicted molar refractivity (Wildman–Crippen MR) is 190 cm³/mol. The molecule has 13 nitrogen and oxygen atoms in total. The molecule has 16 heteroatoms. The fourth-order valence-electron chi connectivity index (χ4n) is 4.51. The van der Waals surface area contributed by atoms with Crippen molar-refractivity contribution >= 4 is 25.9 Å². The van der Waals surface area contributed by atoms with Crippen LogP contribution in [0.3, 0.4) is 0 Å². The van der Waals surface area contributed by atoms with Gasteiger partial charge in [-0.15, -0.1) is 0 Å².